The number of hydrogen-bond donors (Lipinski definition) is 1. The Bertz CT molecular complexity index is 1100. The molecule has 1 N–H and O–H groups in total. The topological polar surface area (TPSA) is 80.7 Å². The highest BCUT2D eigenvalue weighted by Crippen LogP contribution is 2.72. The Morgan fingerprint density at radius 2 is 1.86 bits per heavy atom. The van der Waals surface area contributed by atoms with Crippen LogP contribution in [0.1, 0.15) is 66.2 Å². The number of fused-ring (bicyclic) bond motifs is 5. The van der Waals surface area contributed by atoms with Crippen LogP contribution in [0.2, 0.25) is 0 Å². The SMILES string of the molecule is C[C@@H]1C[C@H]2[C@@H]3C[C@H](F)C4=CC(=O)C=C[C@]4(C)[C@@]3(F)[C@@H](O)C[C@]2(C)[C@@]1(OC(=O)C1(C)CCC1)C(=O)SCF. The molecule has 9 heteroatoms. The number of aliphatic hydroxyl groups is 1. The van der Waals surface area contributed by atoms with Gasteiger partial charge in [0.05, 0.1) is 11.5 Å². The van der Waals surface area contributed by atoms with E-state index in [0.717, 1.165) is 12.5 Å². The molecule has 5 aliphatic rings. The minimum atomic E-state index is -2.31. The highest BCUT2D eigenvalue weighted by atomic mass is 32.2. The summed E-state index contributed by atoms with van der Waals surface area (Å²) in [6, 6.07) is -1.01. The first-order chi connectivity index (χ1) is 17.2. The van der Waals surface area contributed by atoms with Gasteiger partial charge in [0.15, 0.2) is 17.1 Å². The van der Waals surface area contributed by atoms with E-state index in [1.54, 1.807) is 20.8 Å². The summed E-state index contributed by atoms with van der Waals surface area (Å²) in [4.78, 5) is 39.1. The molecule has 0 aromatic rings. The summed E-state index contributed by atoms with van der Waals surface area (Å²) < 4.78 is 52.8. The molecule has 0 aliphatic heterocycles. The van der Waals surface area contributed by atoms with E-state index in [0.29, 0.717) is 24.6 Å². The van der Waals surface area contributed by atoms with Crippen LogP contribution < -0.4 is 0 Å². The number of ketones is 1. The van der Waals surface area contributed by atoms with Gasteiger partial charge >= 0.3 is 5.97 Å². The van der Waals surface area contributed by atoms with Crippen molar-refractivity contribution in [2.24, 2.45) is 34.0 Å². The number of carbonyl (C=O) groups is 3. The molecule has 5 nitrogen and oxygen atoms in total. The third-order valence-corrected chi connectivity index (χ3v) is 11.5. The van der Waals surface area contributed by atoms with E-state index in [-0.39, 0.29) is 24.8 Å². The number of esters is 1. The molecule has 0 aromatic carbocycles. The van der Waals surface area contributed by atoms with Gasteiger partial charge < -0.3 is 9.84 Å². The van der Waals surface area contributed by atoms with Crippen molar-refractivity contribution >= 4 is 28.6 Å². The summed E-state index contributed by atoms with van der Waals surface area (Å²) in [6.07, 6.45) is 2.31. The van der Waals surface area contributed by atoms with E-state index in [1.807, 2.05) is 0 Å². The van der Waals surface area contributed by atoms with Crippen LogP contribution in [0.5, 0.6) is 0 Å². The molecule has 0 aromatic heterocycles. The molecule has 0 amide bonds. The summed E-state index contributed by atoms with van der Waals surface area (Å²) in [7, 11) is 0. The molecule has 9 atom stereocenters. The minimum absolute atomic E-state index is 0.0205. The van der Waals surface area contributed by atoms with Crippen molar-refractivity contribution in [3.8, 4) is 0 Å². The zero-order chi connectivity index (χ0) is 27.2. The van der Waals surface area contributed by atoms with Crippen molar-refractivity contribution in [1.29, 1.82) is 0 Å². The van der Waals surface area contributed by atoms with Crippen LogP contribution in [-0.4, -0.2) is 51.5 Å². The van der Waals surface area contributed by atoms with E-state index in [4.69, 9.17) is 4.74 Å². The van der Waals surface area contributed by atoms with Crippen LogP contribution in [0.3, 0.4) is 0 Å². The number of alkyl halides is 3. The van der Waals surface area contributed by atoms with Gasteiger partial charge in [-0.15, -0.1) is 0 Å². The lowest BCUT2D eigenvalue weighted by Gasteiger charge is -2.63. The fourth-order valence-electron chi connectivity index (χ4n) is 8.56. The molecule has 5 aliphatic carbocycles. The highest BCUT2D eigenvalue weighted by Gasteiger charge is 2.78. The first kappa shape index (κ1) is 27.0. The van der Waals surface area contributed by atoms with E-state index in [2.05, 4.69) is 0 Å². The number of thioether (sulfide) groups is 1. The Hall–Kier alpha value is -1.61. The van der Waals surface area contributed by atoms with Crippen molar-refractivity contribution < 1.29 is 37.4 Å². The van der Waals surface area contributed by atoms with Crippen LogP contribution in [0, 0.1) is 34.0 Å². The van der Waals surface area contributed by atoms with E-state index >= 15 is 8.78 Å². The smallest absolute Gasteiger partial charge is 0.312 e. The Morgan fingerprint density at radius 1 is 1.19 bits per heavy atom. The number of halogens is 3. The summed E-state index contributed by atoms with van der Waals surface area (Å²) in [6.45, 7) is 6.74. The van der Waals surface area contributed by atoms with Gasteiger partial charge in [0.2, 0.25) is 5.12 Å². The number of ether oxygens (including phenoxy) is 1. The zero-order valence-corrected chi connectivity index (χ0v) is 22.5. The van der Waals surface area contributed by atoms with Crippen LogP contribution in [0.25, 0.3) is 0 Å². The van der Waals surface area contributed by atoms with Gasteiger partial charge in [-0.05, 0) is 81.4 Å². The molecule has 0 radical (unpaired) electrons. The van der Waals surface area contributed by atoms with E-state index < -0.39 is 80.4 Å². The van der Waals surface area contributed by atoms with Crippen molar-refractivity contribution in [2.45, 2.75) is 89.8 Å². The Labute approximate surface area is 219 Å². The monoisotopic (exact) mass is 540 g/mol. The average Bonchev–Trinajstić information content (AvgIpc) is 3.03. The lowest BCUT2D eigenvalue weighted by molar-refractivity contribution is -0.233. The number of allylic oxidation sites excluding steroid dienone is 4. The second-order valence-electron chi connectivity index (χ2n) is 12.6. The number of hydrogen-bond acceptors (Lipinski definition) is 6. The Kier molecular flexibility index (Phi) is 6.16. The molecular weight excluding hydrogens is 505 g/mol. The maximum atomic E-state index is 17.4. The number of rotatable bonds is 4. The maximum Gasteiger partial charge on any atom is 0.312 e. The lowest BCUT2D eigenvalue weighted by atomic mass is 9.44. The summed E-state index contributed by atoms with van der Waals surface area (Å²) in [5.41, 5.74) is -7.61. The van der Waals surface area contributed by atoms with Gasteiger partial charge in [0.25, 0.3) is 0 Å². The van der Waals surface area contributed by atoms with Crippen molar-refractivity contribution in [2.75, 3.05) is 6.01 Å². The van der Waals surface area contributed by atoms with Crippen LogP contribution in [-0.2, 0) is 19.1 Å². The predicted molar refractivity (Wildman–Crippen MR) is 133 cm³/mol. The molecule has 37 heavy (non-hydrogen) atoms. The normalized spacial score (nSPS) is 47.7. The fourth-order valence-corrected chi connectivity index (χ4v) is 9.34. The van der Waals surface area contributed by atoms with E-state index in [9.17, 15) is 23.9 Å². The molecular formula is C28H35F3O5S. The fraction of sp³-hybridized carbons (Fsp3) is 0.750. The predicted octanol–water partition coefficient (Wildman–Crippen LogP) is 5.21. The quantitative estimate of drug-likeness (QED) is 0.493. The second kappa shape index (κ2) is 8.44. The average molecular weight is 541 g/mol. The van der Waals surface area contributed by atoms with Crippen LogP contribution >= 0.6 is 11.8 Å². The zero-order valence-electron chi connectivity index (χ0n) is 21.7. The first-order valence-electron chi connectivity index (χ1n) is 13.1. The van der Waals surface area contributed by atoms with Crippen molar-refractivity contribution in [3.63, 3.8) is 0 Å². The first-order valence-corrected chi connectivity index (χ1v) is 14.1. The molecule has 0 spiro atoms. The molecule has 0 bridgehead atoms. The third-order valence-electron chi connectivity index (χ3n) is 10.9. The largest absolute Gasteiger partial charge is 0.449 e. The lowest BCUT2D eigenvalue weighted by Crippen LogP contribution is -2.71. The van der Waals surface area contributed by atoms with Gasteiger partial charge in [-0.3, -0.25) is 14.4 Å². The molecule has 204 valence electrons. The van der Waals surface area contributed by atoms with Gasteiger partial charge in [-0.1, -0.05) is 26.3 Å². The third kappa shape index (κ3) is 3.25. The van der Waals surface area contributed by atoms with Gasteiger partial charge in [0.1, 0.15) is 12.2 Å². The number of aliphatic hydroxyl groups excluding tert-OH is 1. The van der Waals surface area contributed by atoms with Crippen molar-refractivity contribution in [3.05, 3.63) is 23.8 Å². The van der Waals surface area contributed by atoms with Crippen molar-refractivity contribution in [1.82, 2.24) is 0 Å². The summed E-state index contributed by atoms with van der Waals surface area (Å²) in [5.74, 6) is -3.19. The minimum Gasteiger partial charge on any atom is -0.449 e. The molecule has 4 fully saturated rings. The Morgan fingerprint density at radius 3 is 2.46 bits per heavy atom. The molecule has 0 unspecified atom stereocenters. The molecule has 0 heterocycles. The van der Waals surface area contributed by atoms with Gasteiger partial charge in [0, 0.05) is 22.7 Å². The summed E-state index contributed by atoms with van der Waals surface area (Å²) >= 11 is 0.422. The maximum absolute atomic E-state index is 17.4. The molecule has 4 saturated carbocycles. The van der Waals surface area contributed by atoms with Gasteiger partial charge in [-0.25, -0.2) is 13.2 Å². The molecule has 5 rings (SSSR count). The van der Waals surface area contributed by atoms with Gasteiger partial charge in [-0.2, -0.15) is 0 Å². The molecule has 0 saturated heterocycles. The Balaban J connectivity index is 1.62. The second-order valence-corrected chi connectivity index (χ2v) is 13.5. The highest BCUT2D eigenvalue weighted by molar-refractivity contribution is 8.13. The standard InChI is InChI=1S/C28H35F3O5S/c1-15-10-17-18-12-20(30)19-11-16(32)6-9-25(19,3)27(18,31)21(33)13-26(17,4)28(15,23(35)37-14-29)36-22(34)24(2)7-5-8-24/h6,9,11,15,17-18,20-21,33H,5,7-8,10,12-14H2,1-4H3/t15-,17+,18+,20+,21+,25+,26+,27+,28+/m1/s1. The van der Waals surface area contributed by atoms with Crippen LogP contribution in [0.15, 0.2) is 23.8 Å². The summed E-state index contributed by atoms with van der Waals surface area (Å²) in [5, 5.41) is 10.9. The van der Waals surface area contributed by atoms with Crippen LogP contribution in [0.4, 0.5) is 13.2 Å². The van der Waals surface area contributed by atoms with E-state index in [1.165, 1.54) is 19.1 Å². The number of carbonyl (C=O) groups excluding carboxylic acids is 3.